The number of aryl methyl sites for hydroxylation is 1. The van der Waals surface area contributed by atoms with E-state index in [1.165, 1.54) is 0 Å². The van der Waals surface area contributed by atoms with Crippen molar-refractivity contribution in [3.05, 3.63) is 86.9 Å². The maximum atomic E-state index is 13.4. The highest BCUT2D eigenvalue weighted by molar-refractivity contribution is 5.87. The molecule has 0 bridgehead atoms. The van der Waals surface area contributed by atoms with Gasteiger partial charge in [-0.15, -0.1) is 0 Å². The summed E-state index contributed by atoms with van der Waals surface area (Å²) in [6.45, 7) is 4.12. The first-order chi connectivity index (χ1) is 19.3. The molecule has 0 saturated carbocycles. The number of nitrogens with zero attached hydrogens (tertiary/aromatic N) is 2. The Labute approximate surface area is 228 Å². The minimum Gasteiger partial charge on any atom is -0.493 e. The molecule has 9 heteroatoms. The molecule has 2 aromatic carbocycles. The van der Waals surface area contributed by atoms with Crippen LogP contribution in [0.3, 0.4) is 0 Å². The Bertz CT molecular complexity index is 1940. The molecule has 0 radical (unpaired) electrons. The molecule has 5 aromatic rings. The predicted octanol–water partition coefficient (Wildman–Crippen LogP) is 4.72. The summed E-state index contributed by atoms with van der Waals surface area (Å²) in [7, 11) is 1.62. The number of carbonyl (C=O) groups is 1. The summed E-state index contributed by atoms with van der Waals surface area (Å²) in [6.07, 6.45) is 0.101. The Morgan fingerprint density at radius 1 is 1.10 bits per heavy atom. The van der Waals surface area contributed by atoms with Gasteiger partial charge in [0.1, 0.15) is 24.7 Å². The lowest BCUT2D eigenvalue weighted by atomic mass is 9.86. The molecule has 202 valence electrons. The molecule has 2 aliphatic heterocycles. The number of rotatable bonds is 5. The molecule has 0 spiro atoms. The number of cyclic esters (lactones) is 1. The molecule has 1 atom stereocenters. The number of benzene rings is 2. The third-order valence-corrected chi connectivity index (χ3v) is 7.86. The zero-order valence-electron chi connectivity index (χ0n) is 22.2. The lowest BCUT2D eigenvalue weighted by Gasteiger charge is -2.31. The van der Waals surface area contributed by atoms with Crippen molar-refractivity contribution in [2.24, 2.45) is 0 Å². The molecule has 3 aromatic heterocycles. The van der Waals surface area contributed by atoms with E-state index in [1.807, 2.05) is 49.4 Å². The first-order valence-electron chi connectivity index (χ1n) is 13.1. The van der Waals surface area contributed by atoms with Crippen LogP contribution in [-0.2, 0) is 34.9 Å². The molecule has 1 N–H and O–H groups in total. The van der Waals surface area contributed by atoms with Crippen molar-refractivity contribution >= 4 is 27.8 Å². The number of pyridine rings is 2. The minimum absolute atomic E-state index is 0.101. The van der Waals surface area contributed by atoms with Crippen LogP contribution in [-0.4, -0.2) is 27.7 Å². The van der Waals surface area contributed by atoms with E-state index in [9.17, 15) is 14.7 Å². The standard InChI is InChI=1S/C31H26N2O7/c1-4-31(36)23-12-25-27-19(13-33(25)29(34)22(23)15-39-30(31)35)9-17-10-20(5-6-24(17)32-27)38-14-21-11-18-7-16(2)8-26(37-3)28(18)40-21/h5-12,36H,4,13-15H2,1-3H3/t31-/m0/s1. The molecule has 7 rings (SSSR count). The lowest BCUT2D eigenvalue weighted by molar-refractivity contribution is -0.172. The van der Waals surface area contributed by atoms with Crippen LogP contribution < -0.4 is 15.0 Å². The average Bonchev–Trinajstić information content (AvgIpc) is 3.53. The van der Waals surface area contributed by atoms with Crippen LogP contribution in [0.4, 0.5) is 0 Å². The van der Waals surface area contributed by atoms with Gasteiger partial charge in [-0.05, 0) is 67.4 Å². The van der Waals surface area contributed by atoms with Gasteiger partial charge < -0.3 is 28.3 Å². The number of methoxy groups -OCH3 is 1. The molecule has 0 unspecified atom stereocenters. The van der Waals surface area contributed by atoms with Crippen LogP contribution in [0.2, 0.25) is 0 Å². The molecular formula is C31H26N2O7. The summed E-state index contributed by atoms with van der Waals surface area (Å²) >= 11 is 0. The van der Waals surface area contributed by atoms with Gasteiger partial charge in [0.2, 0.25) is 0 Å². The maximum absolute atomic E-state index is 13.4. The Kier molecular flexibility index (Phi) is 5.30. The maximum Gasteiger partial charge on any atom is 0.343 e. The SMILES string of the molecule is CC[C@@]1(O)C(=O)OCc2c1cc1n(c2=O)Cc2cc3cc(OCc4cc5cc(C)cc(OC)c5o4)ccc3nc2-1. The molecular weight excluding hydrogens is 512 g/mol. The number of carbonyl (C=O) groups excluding carboxylic acids is 1. The van der Waals surface area contributed by atoms with Crippen LogP contribution in [0.1, 0.15) is 41.4 Å². The van der Waals surface area contributed by atoms with Gasteiger partial charge in [0, 0.05) is 21.9 Å². The van der Waals surface area contributed by atoms with Gasteiger partial charge in [0.15, 0.2) is 16.9 Å². The van der Waals surface area contributed by atoms with Crippen molar-refractivity contribution in [3.63, 3.8) is 0 Å². The summed E-state index contributed by atoms with van der Waals surface area (Å²) in [4.78, 5) is 30.6. The lowest BCUT2D eigenvalue weighted by Crippen LogP contribution is -2.44. The number of ether oxygens (including phenoxy) is 3. The zero-order chi connectivity index (χ0) is 27.8. The van der Waals surface area contributed by atoms with E-state index in [1.54, 1.807) is 24.7 Å². The van der Waals surface area contributed by atoms with Crippen molar-refractivity contribution in [3.8, 4) is 22.9 Å². The van der Waals surface area contributed by atoms with Gasteiger partial charge in [-0.1, -0.05) is 6.92 Å². The number of aromatic nitrogens is 2. The molecule has 0 saturated heterocycles. The van der Waals surface area contributed by atoms with Gasteiger partial charge >= 0.3 is 5.97 Å². The van der Waals surface area contributed by atoms with Crippen molar-refractivity contribution in [1.82, 2.24) is 9.55 Å². The van der Waals surface area contributed by atoms with Crippen LogP contribution in [0.5, 0.6) is 11.5 Å². The Hall–Kier alpha value is -4.63. The molecule has 2 aliphatic rings. The molecule has 9 nitrogen and oxygen atoms in total. The highest BCUT2D eigenvalue weighted by atomic mass is 16.6. The third kappa shape index (κ3) is 3.54. The quantitative estimate of drug-likeness (QED) is 0.314. The van der Waals surface area contributed by atoms with E-state index in [-0.39, 0.29) is 25.2 Å². The average molecular weight is 539 g/mol. The second-order valence-electron chi connectivity index (χ2n) is 10.3. The number of hydrogen-bond acceptors (Lipinski definition) is 8. The van der Waals surface area contributed by atoms with E-state index < -0.39 is 11.6 Å². The molecule has 0 aliphatic carbocycles. The van der Waals surface area contributed by atoms with E-state index in [2.05, 4.69) is 0 Å². The molecule has 5 heterocycles. The molecule has 0 amide bonds. The van der Waals surface area contributed by atoms with E-state index in [0.29, 0.717) is 51.9 Å². The van der Waals surface area contributed by atoms with Crippen LogP contribution in [0.25, 0.3) is 33.3 Å². The number of fused-ring (bicyclic) bond motifs is 6. The van der Waals surface area contributed by atoms with E-state index in [0.717, 1.165) is 27.4 Å². The van der Waals surface area contributed by atoms with Gasteiger partial charge in [0.05, 0.1) is 36.1 Å². The van der Waals surface area contributed by atoms with Gasteiger partial charge in [-0.3, -0.25) is 4.79 Å². The third-order valence-electron chi connectivity index (χ3n) is 7.86. The fourth-order valence-electron chi connectivity index (χ4n) is 5.75. The first kappa shape index (κ1) is 24.4. The van der Waals surface area contributed by atoms with Crippen LogP contribution in [0, 0.1) is 6.92 Å². The van der Waals surface area contributed by atoms with Crippen LogP contribution in [0.15, 0.2) is 57.7 Å². The normalized spacial score (nSPS) is 17.4. The zero-order valence-corrected chi connectivity index (χ0v) is 22.2. The number of furan rings is 1. The highest BCUT2D eigenvalue weighted by Gasteiger charge is 2.45. The minimum atomic E-state index is -1.85. The monoisotopic (exact) mass is 538 g/mol. The summed E-state index contributed by atoms with van der Waals surface area (Å²) in [5.74, 6) is 1.29. The van der Waals surface area contributed by atoms with Crippen LogP contribution >= 0.6 is 0 Å². The molecule has 40 heavy (non-hydrogen) atoms. The summed E-state index contributed by atoms with van der Waals surface area (Å²) < 4.78 is 24.3. The van der Waals surface area contributed by atoms with Crippen molar-refractivity contribution in [1.29, 1.82) is 0 Å². The summed E-state index contributed by atoms with van der Waals surface area (Å²) in [6, 6.07) is 15.3. The first-order valence-corrected chi connectivity index (χ1v) is 13.1. The van der Waals surface area contributed by atoms with Crippen molar-refractivity contribution in [2.45, 2.75) is 45.6 Å². The molecule has 0 fully saturated rings. The summed E-state index contributed by atoms with van der Waals surface area (Å²) in [5.41, 5.74) is 3.10. The second-order valence-corrected chi connectivity index (χ2v) is 10.3. The fraction of sp³-hybridized carbons (Fsp3) is 0.258. The predicted molar refractivity (Wildman–Crippen MR) is 146 cm³/mol. The number of hydrogen-bond donors (Lipinski definition) is 1. The number of aliphatic hydroxyl groups is 1. The van der Waals surface area contributed by atoms with Gasteiger partial charge in [-0.2, -0.15) is 0 Å². The highest BCUT2D eigenvalue weighted by Crippen LogP contribution is 2.39. The fourth-order valence-corrected chi connectivity index (χ4v) is 5.75. The Balaban J connectivity index is 1.21. The topological polar surface area (TPSA) is 113 Å². The largest absolute Gasteiger partial charge is 0.493 e. The summed E-state index contributed by atoms with van der Waals surface area (Å²) in [5, 5.41) is 12.9. The van der Waals surface area contributed by atoms with Gasteiger partial charge in [-0.25, -0.2) is 9.78 Å². The van der Waals surface area contributed by atoms with Gasteiger partial charge in [0.25, 0.3) is 5.56 Å². The van der Waals surface area contributed by atoms with E-state index >= 15 is 0 Å². The smallest absolute Gasteiger partial charge is 0.343 e. The van der Waals surface area contributed by atoms with Crippen molar-refractivity contribution in [2.75, 3.05) is 7.11 Å². The Morgan fingerprint density at radius 2 is 1.95 bits per heavy atom. The number of esters is 1. The van der Waals surface area contributed by atoms with E-state index in [4.69, 9.17) is 23.6 Å². The van der Waals surface area contributed by atoms with Crippen molar-refractivity contribution < 1.29 is 28.5 Å². The Morgan fingerprint density at radius 3 is 2.75 bits per heavy atom. The second kappa shape index (κ2) is 8.69.